The van der Waals surface area contributed by atoms with Crippen molar-refractivity contribution in [2.75, 3.05) is 0 Å². The highest BCUT2D eigenvalue weighted by atomic mass is 16.5. The van der Waals surface area contributed by atoms with Gasteiger partial charge in [0.2, 0.25) is 0 Å². The molecule has 2 aromatic heterocycles. The third kappa shape index (κ3) is 4.52. The number of para-hydroxylation sites is 1. The summed E-state index contributed by atoms with van der Waals surface area (Å²) < 4.78 is 7.07. The van der Waals surface area contributed by atoms with Gasteiger partial charge < -0.3 is 4.74 Å². The summed E-state index contributed by atoms with van der Waals surface area (Å²) in [6.45, 7) is 0. The van der Waals surface area contributed by atoms with Crippen molar-refractivity contribution in [1.29, 1.82) is 0 Å². The van der Waals surface area contributed by atoms with E-state index in [1.807, 2.05) is 72.9 Å². The van der Waals surface area contributed by atoms with Crippen molar-refractivity contribution in [2.24, 2.45) is 0 Å². The van der Waals surface area contributed by atoms with E-state index in [1.165, 1.54) is 22.3 Å². The Morgan fingerprint density at radius 1 is 0.370 bits per heavy atom. The molecule has 1 aliphatic heterocycles. The van der Waals surface area contributed by atoms with Crippen LogP contribution in [-0.4, -0.2) is 19.9 Å². The Labute approximate surface area is 312 Å². The summed E-state index contributed by atoms with van der Waals surface area (Å²) in [7, 11) is 0. The molecule has 1 aliphatic carbocycles. The Morgan fingerprint density at radius 2 is 0.870 bits per heavy atom. The lowest BCUT2D eigenvalue weighted by Crippen LogP contribution is -2.32. The molecule has 7 aromatic carbocycles. The maximum absolute atomic E-state index is 7.07. The molecule has 252 valence electrons. The van der Waals surface area contributed by atoms with Gasteiger partial charge in [0.05, 0.1) is 10.9 Å². The molecule has 2 aliphatic rings. The maximum Gasteiger partial charge on any atom is 0.164 e. The summed E-state index contributed by atoms with van der Waals surface area (Å²) in [6.07, 6.45) is 1.85. The second-order valence-electron chi connectivity index (χ2n) is 13.8. The summed E-state index contributed by atoms with van der Waals surface area (Å²) in [5, 5.41) is 1.10. The average molecular weight is 691 g/mol. The lowest BCUT2D eigenvalue weighted by molar-refractivity contribution is 0.437. The molecular weight excluding hydrogens is 661 g/mol. The van der Waals surface area contributed by atoms with Gasteiger partial charge in [-0.3, -0.25) is 4.98 Å². The minimum absolute atomic E-state index is 0.580. The van der Waals surface area contributed by atoms with E-state index in [2.05, 4.69) is 109 Å². The Hall–Kier alpha value is -7.24. The highest BCUT2D eigenvalue weighted by Crippen LogP contribution is 2.62. The Kier molecular flexibility index (Phi) is 6.70. The molecule has 11 rings (SSSR count). The van der Waals surface area contributed by atoms with Crippen LogP contribution in [0.25, 0.3) is 67.3 Å². The van der Waals surface area contributed by atoms with E-state index in [9.17, 15) is 0 Å². The number of benzene rings is 7. The molecule has 3 heterocycles. The number of hydrogen-bond acceptors (Lipinski definition) is 5. The van der Waals surface area contributed by atoms with Crippen LogP contribution in [0.5, 0.6) is 11.5 Å². The van der Waals surface area contributed by atoms with Crippen LogP contribution in [0.3, 0.4) is 0 Å². The van der Waals surface area contributed by atoms with E-state index >= 15 is 0 Å². The van der Waals surface area contributed by atoms with E-state index in [-0.39, 0.29) is 0 Å². The van der Waals surface area contributed by atoms with E-state index in [0.717, 1.165) is 61.3 Å². The summed E-state index contributed by atoms with van der Waals surface area (Å²) in [6, 6.07) is 61.2. The molecule has 0 unspecified atom stereocenters. The average Bonchev–Trinajstić information content (AvgIpc) is 3.54. The monoisotopic (exact) mass is 690 g/mol. The van der Waals surface area contributed by atoms with Crippen molar-refractivity contribution < 1.29 is 4.74 Å². The number of pyridine rings is 1. The van der Waals surface area contributed by atoms with Gasteiger partial charge in [0, 0.05) is 45.0 Å². The zero-order valence-corrected chi connectivity index (χ0v) is 29.0. The lowest BCUT2D eigenvalue weighted by Gasteiger charge is -2.39. The van der Waals surface area contributed by atoms with Crippen molar-refractivity contribution in [3.05, 3.63) is 204 Å². The van der Waals surface area contributed by atoms with Gasteiger partial charge in [-0.05, 0) is 46.0 Å². The van der Waals surface area contributed by atoms with Gasteiger partial charge in [-0.1, -0.05) is 158 Å². The fourth-order valence-corrected chi connectivity index (χ4v) is 8.49. The van der Waals surface area contributed by atoms with Gasteiger partial charge in [-0.15, -0.1) is 0 Å². The number of hydrogen-bond donors (Lipinski definition) is 0. The number of fused-ring (bicyclic) bond motifs is 10. The van der Waals surface area contributed by atoms with Crippen LogP contribution < -0.4 is 4.74 Å². The Balaban J connectivity index is 1.15. The third-order valence-electron chi connectivity index (χ3n) is 10.8. The minimum atomic E-state index is -0.604. The highest BCUT2D eigenvalue weighted by Gasteiger charge is 2.51. The van der Waals surface area contributed by atoms with E-state index in [1.54, 1.807) is 0 Å². The molecule has 9 aromatic rings. The second kappa shape index (κ2) is 11.9. The smallest absolute Gasteiger partial charge is 0.164 e. The predicted octanol–water partition coefficient (Wildman–Crippen LogP) is 11.6. The van der Waals surface area contributed by atoms with Gasteiger partial charge in [0.15, 0.2) is 17.5 Å². The molecule has 1 spiro atoms. The summed E-state index contributed by atoms with van der Waals surface area (Å²) in [5.41, 5.74) is 12.3. The maximum atomic E-state index is 7.07. The topological polar surface area (TPSA) is 60.8 Å². The van der Waals surface area contributed by atoms with Crippen molar-refractivity contribution >= 4 is 10.9 Å². The summed E-state index contributed by atoms with van der Waals surface area (Å²) in [5.74, 6) is 3.39. The standard InChI is InChI=1S/C49H30N4O/c1-3-13-32(14-4-1)46-51-47(33-15-5-2-6-16-33)53-48(52-46)35-25-27-42-44(30-35)54-43-29-34(36-21-11-17-31-18-12-28-50-45(31)36)24-26-41(43)49(42)39-22-9-7-19-37(39)38-20-8-10-23-40(38)49/h1-30H. The van der Waals surface area contributed by atoms with Crippen molar-refractivity contribution in [3.8, 4) is 67.9 Å². The van der Waals surface area contributed by atoms with E-state index in [4.69, 9.17) is 24.7 Å². The van der Waals surface area contributed by atoms with Crippen LogP contribution in [0.1, 0.15) is 22.3 Å². The number of ether oxygens (including phenoxy) is 1. The molecule has 0 N–H and O–H groups in total. The van der Waals surface area contributed by atoms with E-state index in [0.29, 0.717) is 17.5 Å². The first-order valence-corrected chi connectivity index (χ1v) is 18.1. The van der Waals surface area contributed by atoms with Crippen LogP contribution in [0.2, 0.25) is 0 Å². The normalized spacial score (nSPS) is 13.1. The molecule has 0 fully saturated rings. The molecule has 0 saturated heterocycles. The molecule has 0 radical (unpaired) electrons. The Bertz CT molecular complexity index is 2810. The first kappa shape index (κ1) is 30.4. The number of rotatable bonds is 4. The van der Waals surface area contributed by atoms with Crippen LogP contribution in [0.15, 0.2) is 182 Å². The zero-order valence-electron chi connectivity index (χ0n) is 29.0. The van der Waals surface area contributed by atoms with Crippen molar-refractivity contribution in [3.63, 3.8) is 0 Å². The summed E-state index contributed by atoms with van der Waals surface area (Å²) in [4.78, 5) is 19.8. The fraction of sp³-hybridized carbons (Fsp3) is 0.0204. The predicted molar refractivity (Wildman–Crippen MR) is 214 cm³/mol. The first-order chi connectivity index (χ1) is 26.8. The van der Waals surface area contributed by atoms with Crippen LogP contribution in [0, 0.1) is 0 Å². The van der Waals surface area contributed by atoms with Gasteiger partial charge in [0.1, 0.15) is 11.5 Å². The molecule has 0 atom stereocenters. The van der Waals surface area contributed by atoms with Gasteiger partial charge in [-0.25, -0.2) is 15.0 Å². The van der Waals surface area contributed by atoms with Crippen LogP contribution in [-0.2, 0) is 5.41 Å². The largest absolute Gasteiger partial charge is 0.457 e. The molecule has 0 amide bonds. The Morgan fingerprint density at radius 3 is 1.50 bits per heavy atom. The molecule has 0 bridgehead atoms. The fourth-order valence-electron chi connectivity index (χ4n) is 8.49. The molecule has 54 heavy (non-hydrogen) atoms. The van der Waals surface area contributed by atoms with Gasteiger partial charge >= 0.3 is 0 Å². The minimum Gasteiger partial charge on any atom is -0.457 e. The number of aromatic nitrogens is 4. The third-order valence-corrected chi connectivity index (χ3v) is 10.8. The molecule has 5 heteroatoms. The highest BCUT2D eigenvalue weighted by molar-refractivity contribution is 5.95. The van der Waals surface area contributed by atoms with Gasteiger partial charge in [-0.2, -0.15) is 0 Å². The SMILES string of the molecule is c1ccc(-c2nc(-c3ccccc3)nc(-c3ccc4c(c3)Oc3cc(-c5cccc6cccnc56)ccc3C43c4ccccc4-c4ccccc43)n2)cc1. The van der Waals surface area contributed by atoms with E-state index < -0.39 is 5.41 Å². The first-order valence-electron chi connectivity index (χ1n) is 18.1. The zero-order chi connectivity index (χ0) is 35.6. The quantitative estimate of drug-likeness (QED) is 0.184. The van der Waals surface area contributed by atoms with Crippen LogP contribution in [0.4, 0.5) is 0 Å². The molecule has 5 nitrogen and oxygen atoms in total. The van der Waals surface area contributed by atoms with Crippen molar-refractivity contribution in [1.82, 2.24) is 19.9 Å². The number of nitrogens with zero attached hydrogens (tertiary/aromatic N) is 4. The summed E-state index contributed by atoms with van der Waals surface area (Å²) >= 11 is 0. The van der Waals surface area contributed by atoms with Crippen LogP contribution >= 0.6 is 0 Å². The van der Waals surface area contributed by atoms with Crippen molar-refractivity contribution in [2.45, 2.75) is 5.41 Å². The van der Waals surface area contributed by atoms with Gasteiger partial charge in [0.25, 0.3) is 0 Å². The second-order valence-corrected chi connectivity index (χ2v) is 13.8. The molecular formula is C49H30N4O. The molecule has 0 saturated carbocycles. The lowest BCUT2D eigenvalue weighted by atomic mass is 9.66.